The number of carbonyl (C=O) groups excluding carboxylic acids is 1. The van der Waals surface area contributed by atoms with Crippen molar-refractivity contribution in [2.75, 3.05) is 24.2 Å². The summed E-state index contributed by atoms with van der Waals surface area (Å²) in [5, 5.41) is 17.8. The third kappa shape index (κ3) is 2.49. The highest BCUT2D eigenvalue weighted by molar-refractivity contribution is 7.16. The molecule has 0 aliphatic heterocycles. The fourth-order valence-electron chi connectivity index (χ4n) is 1.40. The summed E-state index contributed by atoms with van der Waals surface area (Å²) in [6.07, 6.45) is -1.24. The van der Waals surface area contributed by atoms with E-state index in [0.717, 1.165) is 10.2 Å². The molecule has 0 aliphatic rings. The smallest absolute Gasteiger partial charge is 0.248 e. The first kappa shape index (κ1) is 12.5. The lowest BCUT2D eigenvalue weighted by Gasteiger charge is -2.10. The van der Waals surface area contributed by atoms with Crippen molar-refractivity contribution < 1.29 is 9.90 Å². The van der Waals surface area contributed by atoms with E-state index in [0.29, 0.717) is 11.8 Å². The number of fused-ring (bicyclic) bond motifs is 1. The molecule has 5 N–H and O–H groups in total. The van der Waals surface area contributed by atoms with Gasteiger partial charge >= 0.3 is 0 Å². The predicted molar refractivity (Wildman–Crippen MR) is 70.7 cm³/mol. The number of amides is 1. The molecular weight excluding hydrogens is 254 g/mol. The summed E-state index contributed by atoms with van der Waals surface area (Å²) >= 11 is 1.49. The number of carbonyl (C=O) groups is 1. The van der Waals surface area contributed by atoms with Crippen LogP contribution in [0.5, 0.6) is 0 Å². The van der Waals surface area contributed by atoms with Crippen molar-refractivity contribution in [3.05, 3.63) is 11.4 Å². The number of primary amides is 1. The van der Waals surface area contributed by atoms with Gasteiger partial charge in [0.2, 0.25) is 11.9 Å². The lowest BCUT2D eigenvalue weighted by atomic mass is 10.3. The number of rotatable bonds is 5. The van der Waals surface area contributed by atoms with Gasteiger partial charge in [0.05, 0.1) is 11.9 Å². The molecule has 2 aromatic heterocycles. The van der Waals surface area contributed by atoms with Crippen molar-refractivity contribution in [3.63, 3.8) is 0 Å². The molecule has 2 heterocycles. The first-order valence-corrected chi connectivity index (χ1v) is 6.14. The van der Waals surface area contributed by atoms with Gasteiger partial charge in [-0.2, -0.15) is 4.98 Å². The molecule has 0 fully saturated rings. The van der Waals surface area contributed by atoms with Crippen molar-refractivity contribution in [2.45, 2.75) is 6.10 Å². The number of nitrogens with one attached hydrogen (secondary N) is 2. The third-order valence-electron chi connectivity index (χ3n) is 2.34. The van der Waals surface area contributed by atoms with Gasteiger partial charge < -0.3 is 21.5 Å². The maximum atomic E-state index is 10.7. The average Bonchev–Trinajstić information content (AvgIpc) is 2.83. The largest absolute Gasteiger partial charge is 0.381 e. The van der Waals surface area contributed by atoms with E-state index < -0.39 is 12.0 Å². The molecule has 0 radical (unpaired) electrons. The molecule has 0 bridgehead atoms. The summed E-state index contributed by atoms with van der Waals surface area (Å²) in [5.41, 5.74) is 4.98. The van der Waals surface area contributed by atoms with Gasteiger partial charge in [-0.25, -0.2) is 4.98 Å². The molecule has 2 aromatic rings. The zero-order valence-corrected chi connectivity index (χ0v) is 10.5. The predicted octanol–water partition coefficient (Wildman–Crippen LogP) is -0.00890. The Morgan fingerprint density at radius 1 is 1.61 bits per heavy atom. The zero-order valence-electron chi connectivity index (χ0n) is 9.67. The highest BCUT2D eigenvalue weighted by Crippen LogP contribution is 2.26. The van der Waals surface area contributed by atoms with Gasteiger partial charge in [0.1, 0.15) is 16.8 Å². The van der Waals surface area contributed by atoms with Crippen molar-refractivity contribution in [1.29, 1.82) is 0 Å². The number of aliphatic hydroxyl groups excluding tert-OH is 1. The number of aromatic nitrogens is 2. The van der Waals surface area contributed by atoms with Crippen LogP contribution in [0.3, 0.4) is 0 Å². The Hall–Kier alpha value is -1.93. The molecular formula is C10H13N5O2S. The van der Waals surface area contributed by atoms with Crippen molar-refractivity contribution in [1.82, 2.24) is 9.97 Å². The molecule has 7 nitrogen and oxygen atoms in total. The van der Waals surface area contributed by atoms with E-state index in [1.807, 2.05) is 11.4 Å². The van der Waals surface area contributed by atoms with Crippen LogP contribution in [0, 0.1) is 0 Å². The average molecular weight is 267 g/mol. The number of hydrogen-bond donors (Lipinski definition) is 4. The van der Waals surface area contributed by atoms with Gasteiger partial charge in [0.15, 0.2) is 0 Å². The molecule has 8 heteroatoms. The maximum absolute atomic E-state index is 10.7. The van der Waals surface area contributed by atoms with Crippen LogP contribution in [0.25, 0.3) is 10.2 Å². The third-order valence-corrected chi connectivity index (χ3v) is 3.15. The van der Waals surface area contributed by atoms with E-state index in [2.05, 4.69) is 20.6 Å². The molecule has 0 aromatic carbocycles. The summed E-state index contributed by atoms with van der Waals surface area (Å²) < 4.78 is 0. The van der Waals surface area contributed by atoms with Crippen molar-refractivity contribution >= 4 is 39.2 Å². The first-order chi connectivity index (χ1) is 8.61. The molecule has 0 saturated carbocycles. The molecule has 18 heavy (non-hydrogen) atoms. The Balaban J connectivity index is 2.25. The van der Waals surface area contributed by atoms with Crippen molar-refractivity contribution in [2.24, 2.45) is 5.73 Å². The zero-order chi connectivity index (χ0) is 13.1. The van der Waals surface area contributed by atoms with E-state index in [-0.39, 0.29) is 6.54 Å². The molecule has 0 spiro atoms. The second-order valence-corrected chi connectivity index (χ2v) is 4.48. The second kappa shape index (κ2) is 5.15. The van der Waals surface area contributed by atoms with Crippen LogP contribution in [0.1, 0.15) is 0 Å². The van der Waals surface area contributed by atoms with Gasteiger partial charge in [0.25, 0.3) is 0 Å². The van der Waals surface area contributed by atoms with E-state index in [9.17, 15) is 9.90 Å². The van der Waals surface area contributed by atoms with Gasteiger partial charge in [-0.05, 0) is 11.4 Å². The van der Waals surface area contributed by atoms with E-state index >= 15 is 0 Å². The standard InChI is InChI=1S/C10H13N5O2S/c1-12-10-14-8(13-4-6(16)7(11)17)5-2-3-18-9(5)15-10/h2-3,6,16H,4H2,1H3,(H2,11,17)(H2,12,13,14,15). The Kier molecular flexibility index (Phi) is 3.58. The monoisotopic (exact) mass is 267 g/mol. The van der Waals surface area contributed by atoms with E-state index in [4.69, 9.17) is 5.73 Å². The quantitative estimate of drug-likeness (QED) is 0.606. The first-order valence-electron chi connectivity index (χ1n) is 5.26. The van der Waals surface area contributed by atoms with Crippen LogP contribution in [-0.2, 0) is 4.79 Å². The minimum atomic E-state index is -1.24. The fraction of sp³-hybridized carbons (Fsp3) is 0.300. The summed E-state index contributed by atoms with van der Waals surface area (Å²) in [6.45, 7) is 0.0143. The fourth-order valence-corrected chi connectivity index (χ4v) is 2.16. The van der Waals surface area contributed by atoms with Crippen LogP contribution in [0.2, 0.25) is 0 Å². The normalized spacial score (nSPS) is 12.3. The van der Waals surface area contributed by atoms with Gasteiger partial charge in [-0.15, -0.1) is 11.3 Å². The van der Waals surface area contributed by atoms with Crippen LogP contribution in [0.15, 0.2) is 11.4 Å². The minimum Gasteiger partial charge on any atom is -0.381 e. The number of aliphatic hydroxyl groups is 1. The maximum Gasteiger partial charge on any atom is 0.248 e. The van der Waals surface area contributed by atoms with Gasteiger partial charge in [-0.3, -0.25) is 4.79 Å². The van der Waals surface area contributed by atoms with Crippen LogP contribution < -0.4 is 16.4 Å². The SMILES string of the molecule is CNc1nc(NCC(O)C(N)=O)c2ccsc2n1. The van der Waals surface area contributed by atoms with Gasteiger partial charge in [0, 0.05) is 7.05 Å². The molecule has 1 amide bonds. The summed E-state index contributed by atoms with van der Waals surface area (Å²) in [6, 6.07) is 1.87. The highest BCUT2D eigenvalue weighted by Gasteiger charge is 2.13. The Morgan fingerprint density at radius 2 is 2.39 bits per heavy atom. The number of anilines is 2. The van der Waals surface area contributed by atoms with Crippen LogP contribution in [0.4, 0.5) is 11.8 Å². The van der Waals surface area contributed by atoms with E-state index in [1.165, 1.54) is 11.3 Å². The highest BCUT2D eigenvalue weighted by atomic mass is 32.1. The van der Waals surface area contributed by atoms with Crippen LogP contribution >= 0.6 is 11.3 Å². The van der Waals surface area contributed by atoms with Crippen LogP contribution in [-0.4, -0.2) is 40.7 Å². The molecule has 0 aliphatic carbocycles. The lowest BCUT2D eigenvalue weighted by molar-refractivity contribution is -0.125. The summed E-state index contributed by atoms with van der Waals surface area (Å²) in [4.78, 5) is 20.1. The molecule has 1 unspecified atom stereocenters. The molecule has 2 rings (SSSR count). The second-order valence-electron chi connectivity index (χ2n) is 3.58. The number of nitrogens with two attached hydrogens (primary N) is 1. The Morgan fingerprint density at radius 3 is 3.06 bits per heavy atom. The molecule has 0 saturated heterocycles. The minimum absolute atomic E-state index is 0.0143. The Bertz CT molecular complexity index is 570. The molecule has 1 atom stereocenters. The lowest BCUT2D eigenvalue weighted by Crippen LogP contribution is -2.34. The Labute approximate surface area is 107 Å². The number of nitrogens with zero attached hydrogens (tertiary/aromatic N) is 2. The summed E-state index contributed by atoms with van der Waals surface area (Å²) in [5.74, 6) is 0.263. The summed E-state index contributed by atoms with van der Waals surface area (Å²) in [7, 11) is 1.72. The molecule has 96 valence electrons. The van der Waals surface area contributed by atoms with Gasteiger partial charge in [-0.1, -0.05) is 0 Å². The number of hydrogen-bond acceptors (Lipinski definition) is 7. The number of thiophene rings is 1. The topological polar surface area (TPSA) is 113 Å². The van der Waals surface area contributed by atoms with E-state index in [1.54, 1.807) is 7.05 Å². The van der Waals surface area contributed by atoms with Crippen molar-refractivity contribution in [3.8, 4) is 0 Å².